The van der Waals surface area contributed by atoms with Gasteiger partial charge in [-0.05, 0) is 30.5 Å². The zero-order valence-electron chi connectivity index (χ0n) is 12.4. The molecule has 0 aliphatic rings. The van der Waals surface area contributed by atoms with E-state index in [0.717, 1.165) is 22.9 Å². The van der Waals surface area contributed by atoms with Crippen molar-refractivity contribution in [2.45, 2.75) is 38.5 Å². The van der Waals surface area contributed by atoms with E-state index in [1.807, 2.05) is 24.3 Å². The quantitative estimate of drug-likeness (QED) is 0.748. The number of carboxylic acids is 1. The van der Waals surface area contributed by atoms with Crippen LogP contribution in [0.15, 0.2) is 28.7 Å². The van der Waals surface area contributed by atoms with Crippen molar-refractivity contribution in [3.63, 3.8) is 0 Å². The fourth-order valence-corrected chi connectivity index (χ4v) is 2.80. The Hall–Kier alpha value is -1.76. The molecule has 22 heavy (non-hydrogen) atoms. The van der Waals surface area contributed by atoms with Crippen LogP contribution in [-0.2, 0) is 11.2 Å². The normalized spacial score (nSPS) is 13.7. The van der Waals surface area contributed by atoms with E-state index in [4.69, 9.17) is 0 Å². The third-order valence-corrected chi connectivity index (χ3v) is 4.26. The molecule has 0 aliphatic heterocycles. The Morgan fingerprint density at radius 1 is 1.36 bits per heavy atom. The van der Waals surface area contributed by atoms with Gasteiger partial charge in [-0.3, -0.25) is 4.79 Å². The second kappa shape index (κ2) is 8.03. The number of hydrogen-bond donors (Lipinski definition) is 2. The van der Waals surface area contributed by atoms with Crippen molar-refractivity contribution in [1.82, 2.24) is 20.6 Å². The van der Waals surface area contributed by atoms with Crippen molar-refractivity contribution >= 4 is 21.9 Å². The van der Waals surface area contributed by atoms with Gasteiger partial charge in [-0.1, -0.05) is 53.0 Å². The second-order valence-electron chi connectivity index (χ2n) is 5.29. The Labute approximate surface area is 137 Å². The Bertz CT molecular complexity index is 586. The van der Waals surface area contributed by atoms with Crippen LogP contribution in [0.5, 0.6) is 0 Å². The summed E-state index contributed by atoms with van der Waals surface area (Å²) in [6.45, 7) is 2.05. The highest BCUT2D eigenvalue weighted by molar-refractivity contribution is 9.10. The summed E-state index contributed by atoms with van der Waals surface area (Å²) in [4.78, 5) is 11.7. The molecule has 2 N–H and O–H groups in total. The molecule has 0 radical (unpaired) electrons. The van der Waals surface area contributed by atoms with E-state index in [1.165, 1.54) is 0 Å². The average Bonchev–Trinajstić information content (AvgIpc) is 3.02. The number of H-pyrrole nitrogens is 1. The van der Waals surface area contributed by atoms with E-state index >= 15 is 0 Å². The number of tetrazole rings is 1. The first-order chi connectivity index (χ1) is 10.6. The molecule has 1 aromatic heterocycles. The molecule has 0 bridgehead atoms. The van der Waals surface area contributed by atoms with Crippen LogP contribution in [0.1, 0.15) is 43.5 Å². The van der Waals surface area contributed by atoms with Gasteiger partial charge in [-0.2, -0.15) is 5.21 Å². The summed E-state index contributed by atoms with van der Waals surface area (Å²) >= 11 is 3.40. The van der Waals surface area contributed by atoms with Gasteiger partial charge in [0.15, 0.2) is 5.82 Å². The number of aromatic nitrogens is 4. The minimum absolute atomic E-state index is 0.288. The Kier molecular flexibility index (Phi) is 6.06. The highest BCUT2D eigenvalue weighted by Crippen LogP contribution is 2.30. The SMILES string of the molecule is CCCCC(C(=O)O)C(Cc1ccc(Br)cc1)c1nn[nH]n1. The van der Waals surface area contributed by atoms with Crippen LogP contribution in [0.4, 0.5) is 0 Å². The molecule has 0 saturated heterocycles. The van der Waals surface area contributed by atoms with Gasteiger partial charge >= 0.3 is 5.97 Å². The molecule has 0 fully saturated rings. The number of carboxylic acid groups (broad SMARTS) is 1. The van der Waals surface area contributed by atoms with Gasteiger partial charge in [0.1, 0.15) is 0 Å². The predicted molar refractivity (Wildman–Crippen MR) is 85.4 cm³/mol. The van der Waals surface area contributed by atoms with Gasteiger partial charge in [0.05, 0.1) is 5.92 Å². The average molecular weight is 367 g/mol. The molecule has 7 heteroatoms. The van der Waals surface area contributed by atoms with Crippen molar-refractivity contribution in [2.75, 3.05) is 0 Å². The van der Waals surface area contributed by atoms with Gasteiger partial charge in [-0.25, -0.2) is 0 Å². The van der Waals surface area contributed by atoms with Crippen molar-refractivity contribution in [3.05, 3.63) is 40.1 Å². The number of nitrogens with one attached hydrogen (secondary N) is 1. The maximum Gasteiger partial charge on any atom is 0.307 e. The van der Waals surface area contributed by atoms with Crippen LogP contribution < -0.4 is 0 Å². The minimum Gasteiger partial charge on any atom is -0.481 e. The summed E-state index contributed by atoms with van der Waals surface area (Å²) in [5.74, 6) is -1.14. The molecular formula is C15H19BrN4O2. The summed E-state index contributed by atoms with van der Waals surface area (Å²) in [6, 6.07) is 7.86. The first-order valence-electron chi connectivity index (χ1n) is 7.32. The molecule has 2 unspecified atom stereocenters. The largest absolute Gasteiger partial charge is 0.481 e. The second-order valence-corrected chi connectivity index (χ2v) is 6.21. The monoisotopic (exact) mass is 366 g/mol. The van der Waals surface area contributed by atoms with Crippen molar-refractivity contribution in [1.29, 1.82) is 0 Å². The molecule has 0 spiro atoms. The standard InChI is InChI=1S/C15H19BrN4O2/c1-2-3-4-12(15(21)22)13(14-17-19-20-18-14)9-10-5-7-11(16)8-6-10/h5-8,12-13H,2-4,9H2,1H3,(H,21,22)(H,17,18,19,20). The van der Waals surface area contributed by atoms with Crippen LogP contribution in [0.2, 0.25) is 0 Å². The van der Waals surface area contributed by atoms with Crippen LogP contribution in [-0.4, -0.2) is 31.7 Å². The fraction of sp³-hybridized carbons (Fsp3) is 0.467. The smallest absolute Gasteiger partial charge is 0.307 e. The lowest BCUT2D eigenvalue weighted by atomic mass is 9.83. The lowest BCUT2D eigenvalue weighted by Gasteiger charge is -2.21. The van der Waals surface area contributed by atoms with Gasteiger partial charge < -0.3 is 5.11 Å². The number of carbonyl (C=O) groups is 1. The molecule has 0 saturated carbocycles. The number of benzene rings is 1. The van der Waals surface area contributed by atoms with Gasteiger partial charge in [0.25, 0.3) is 0 Å². The minimum atomic E-state index is -0.805. The van der Waals surface area contributed by atoms with E-state index in [-0.39, 0.29) is 5.92 Å². The summed E-state index contributed by atoms with van der Waals surface area (Å²) in [7, 11) is 0. The third kappa shape index (κ3) is 4.37. The van der Waals surface area contributed by atoms with Crippen LogP contribution in [0.3, 0.4) is 0 Å². The highest BCUT2D eigenvalue weighted by Gasteiger charge is 2.32. The Morgan fingerprint density at radius 2 is 2.09 bits per heavy atom. The first kappa shape index (κ1) is 16.6. The number of aromatic amines is 1. The summed E-state index contributed by atoms with van der Waals surface area (Å²) in [5.41, 5.74) is 1.06. The Morgan fingerprint density at radius 3 is 2.64 bits per heavy atom. The molecule has 6 nitrogen and oxygen atoms in total. The van der Waals surface area contributed by atoms with E-state index in [1.54, 1.807) is 0 Å². The van der Waals surface area contributed by atoms with Crippen molar-refractivity contribution in [3.8, 4) is 0 Å². The molecule has 2 rings (SSSR count). The number of rotatable bonds is 8. The van der Waals surface area contributed by atoms with Gasteiger partial charge in [0, 0.05) is 10.4 Å². The lowest BCUT2D eigenvalue weighted by molar-refractivity contribution is -0.143. The summed E-state index contributed by atoms with van der Waals surface area (Å²) in [5, 5.41) is 23.6. The molecule has 118 valence electrons. The maximum atomic E-state index is 11.7. The van der Waals surface area contributed by atoms with E-state index in [2.05, 4.69) is 43.5 Å². The molecule has 1 aromatic carbocycles. The number of aliphatic carboxylic acids is 1. The van der Waals surface area contributed by atoms with Crippen LogP contribution >= 0.6 is 15.9 Å². The van der Waals surface area contributed by atoms with Crippen molar-refractivity contribution in [2.24, 2.45) is 5.92 Å². The number of halogens is 1. The van der Waals surface area contributed by atoms with E-state index in [0.29, 0.717) is 18.7 Å². The fourth-order valence-electron chi connectivity index (χ4n) is 2.54. The third-order valence-electron chi connectivity index (χ3n) is 3.73. The summed E-state index contributed by atoms with van der Waals surface area (Å²) in [6.07, 6.45) is 3.02. The Balaban J connectivity index is 2.25. The van der Waals surface area contributed by atoms with E-state index in [9.17, 15) is 9.90 Å². The lowest BCUT2D eigenvalue weighted by Crippen LogP contribution is -2.25. The highest BCUT2D eigenvalue weighted by atomic mass is 79.9. The van der Waals surface area contributed by atoms with E-state index < -0.39 is 11.9 Å². The number of unbranched alkanes of at least 4 members (excludes halogenated alkanes) is 1. The molecule has 2 aromatic rings. The van der Waals surface area contributed by atoms with Gasteiger partial charge in [0.2, 0.25) is 0 Å². The topological polar surface area (TPSA) is 91.8 Å². The van der Waals surface area contributed by atoms with Gasteiger partial charge in [-0.15, -0.1) is 10.2 Å². The predicted octanol–water partition coefficient (Wildman–Crippen LogP) is 3.18. The zero-order valence-corrected chi connectivity index (χ0v) is 14.0. The van der Waals surface area contributed by atoms with Crippen LogP contribution in [0.25, 0.3) is 0 Å². The summed E-state index contributed by atoms with van der Waals surface area (Å²) < 4.78 is 0.994. The molecule has 1 heterocycles. The molecular weight excluding hydrogens is 348 g/mol. The number of hydrogen-bond acceptors (Lipinski definition) is 4. The first-order valence-corrected chi connectivity index (χ1v) is 8.11. The van der Waals surface area contributed by atoms with Crippen LogP contribution in [0, 0.1) is 5.92 Å². The molecule has 0 amide bonds. The van der Waals surface area contributed by atoms with Crippen molar-refractivity contribution < 1.29 is 9.90 Å². The molecule has 0 aliphatic carbocycles. The zero-order chi connectivity index (χ0) is 15.9. The maximum absolute atomic E-state index is 11.7. The molecule has 2 atom stereocenters. The number of nitrogens with zero attached hydrogens (tertiary/aromatic N) is 3.